The number of hydrazone groups is 1. The zero-order valence-corrected chi connectivity index (χ0v) is 16.4. The number of nitrogens with one attached hydrogen (secondary N) is 1. The molecule has 1 amide bonds. The summed E-state index contributed by atoms with van der Waals surface area (Å²) in [4.78, 5) is 12.2. The first-order valence-corrected chi connectivity index (χ1v) is 9.28. The number of ether oxygens (including phenoxy) is 1. The van der Waals surface area contributed by atoms with Crippen LogP contribution in [0.15, 0.2) is 82.4 Å². The third-order valence-corrected chi connectivity index (χ3v) is 4.81. The van der Waals surface area contributed by atoms with E-state index in [9.17, 15) is 4.79 Å². The number of amides is 1. The number of carbonyl (C=O) groups is 1. The molecule has 3 rings (SSSR count). The van der Waals surface area contributed by atoms with Gasteiger partial charge >= 0.3 is 0 Å². The first-order chi connectivity index (χ1) is 13.1. The molecule has 0 fully saturated rings. The summed E-state index contributed by atoms with van der Waals surface area (Å²) in [5.41, 5.74) is 6.03. The maximum atomic E-state index is 12.2. The van der Waals surface area contributed by atoms with Crippen LogP contribution in [0.2, 0.25) is 0 Å². The summed E-state index contributed by atoms with van der Waals surface area (Å²) in [6, 6.07) is 22.9. The van der Waals surface area contributed by atoms with Crippen LogP contribution in [0, 0.1) is 6.92 Å². The molecule has 0 saturated heterocycles. The number of carbonyl (C=O) groups excluding carboxylic acids is 1. The van der Waals surface area contributed by atoms with Crippen molar-refractivity contribution in [3.8, 4) is 5.75 Å². The summed E-state index contributed by atoms with van der Waals surface area (Å²) in [5, 5.41) is 4.07. The van der Waals surface area contributed by atoms with E-state index in [4.69, 9.17) is 4.74 Å². The van der Waals surface area contributed by atoms with Crippen molar-refractivity contribution in [1.29, 1.82) is 0 Å². The van der Waals surface area contributed by atoms with E-state index in [1.807, 2.05) is 67.6 Å². The monoisotopic (exact) mass is 422 g/mol. The molecule has 1 N–H and O–H groups in total. The quantitative estimate of drug-likeness (QED) is 0.443. The number of rotatable bonds is 6. The minimum atomic E-state index is -0.269. The highest BCUT2D eigenvalue weighted by Crippen LogP contribution is 2.18. The van der Waals surface area contributed by atoms with Crippen LogP contribution in [0.5, 0.6) is 5.75 Å². The molecule has 0 heterocycles. The molecule has 0 saturated carbocycles. The summed E-state index contributed by atoms with van der Waals surface area (Å²) in [7, 11) is 0. The third-order valence-electron chi connectivity index (χ3n) is 3.96. The number of aryl methyl sites for hydroxylation is 1. The summed E-state index contributed by atoms with van der Waals surface area (Å²) < 4.78 is 6.77. The number of para-hydroxylation sites is 1. The Labute approximate surface area is 167 Å². The van der Waals surface area contributed by atoms with Crippen molar-refractivity contribution in [2.45, 2.75) is 13.5 Å². The van der Waals surface area contributed by atoms with E-state index < -0.39 is 0 Å². The second kappa shape index (κ2) is 9.14. The lowest BCUT2D eigenvalue weighted by Gasteiger charge is -2.09. The van der Waals surface area contributed by atoms with Crippen LogP contribution < -0.4 is 10.2 Å². The Bertz CT molecular complexity index is 956. The zero-order valence-electron chi connectivity index (χ0n) is 14.9. The lowest BCUT2D eigenvalue weighted by Crippen LogP contribution is -2.17. The highest BCUT2D eigenvalue weighted by atomic mass is 79.9. The maximum Gasteiger partial charge on any atom is 0.271 e. The fourth-order valence-electron chi connectivity index (χ4n) is 2.41. The minimum Gasteiger partial charge on any atom is -0.488 e. The van der Waals surface area contributed by atoms with Gasteiger partial charge in [-0.15, -0.1) is 0 Å². The molecule has 0 atom stereocenters. The SMILES string of the molecule is Cc1ccc(C(=O)N/N=C/c2ccccc2OCc2ccccc2)cc1Br. The maximum absolute atomic E-state index is 12.2. The lowest BCUT2D eigenvalue weighted by atomic mass is 10.1. The van der Waals surface area contributed by atoms with Crippen molar-refractivity contribution in [3.63, 3.8) is 0 Å². The van der Waals surface area contributed by atoms with Crippen molar-refractivity contribution in [2.24, 2.45) is 5.10 Å². The molecule has 0 aliphatic heterocycles. The van der Waals surface area contributed by atoms with Crippen LogP contribution in [-0.4, -0.2) is 12.1 Å². The van der Waals surface area contributed by atoms with Crippen LogP contribution in [0.4, 0.5) is 0 Å². The topological polar surface area (TPSA) is 50.7 Å². The van der Waals surface area contributed by atoms with Crippen LogP contribution in [0.25, 0.3) is 0 Å². The van der Waals surface area contributed by atoms with E-state index in [-0.39, 0.29) is 5.91 Å². The first kappa shape index (κ1) is 18.9. The molecular formula is C22H19BrN2O2. The Morgan fingerprint density at radius 1 is 1.07 bits per heavy atom. The minimum absolute atomic E-state index is 0.269. The highest BCUT2D eigenvalue weighted by Gasteiger charge is 2.06. The average molecular weight is 423 g/mol. The van der Waals surface area contributed by atoms with Gasteiger partial charge in [0, 0.05) is 15.6 Å². The van der Waals surface area contributed by atoms with Gasteiger partial charge in [-0.25, -0.2) is 5.43 Å². The summed E-state index contributed by atoms with van der Waals surface area (Å²) in [6.07, 6.45) is 1.58. The predicted molar refractivity (Wildman–Crippen MR) is 111 cm³/mol. The smallest absolute Gasteiger partial charge is 0.271 e. The molecule has 0 aliphatic carbocycles. The van der Waals surface area contributed by atoms with Crippen LogP contribution >= 0.6 is 15.9 Å². The largest absolute Gasteiger partial charge is 0.488 e. The molecule has 27 heavy (non-hydrogen) atoms. The van der Waals surface area contributed by atoms with Gasteiger partial charge in [0.25, 0.3) is 5.91 Å². The molecule has 0 spiro atoms. The molecule has 3 aromatic rings. The number of benzene rings is 3. The van der Waals surface area contributed by atoms with Crippen LogP contribution in [0.1, 0.15) is 27.0 Å². The summed E-state index contributed by atoms with van der Waals surface area (Å²) in [6.45, 7) is 2.44. The van der Waals surface area contributed by atoms with Gasteiger partial charge in [-0.3, -0.25) is 4.79 Å². The Hall–Kier alpha value is -2.92. The standard InChI is InChI=1S/C22H19BrN2O2/c1-16-11-12-18(13-20(16)23)22(26)25-24-14-19-9-5-6-10-21(19)27-15-17-7-3-2-4-8-17/h2-14H,15H2,1H3,(H,25,26)/b24-14+. The van der Waals surface area contributed by atoms with Crippen molar-refractivity contribution < 1.29 is 9.53 Å². The van der Waals surface area contributed by atoms with Gasteiger partial charge < -0.3 is 4.74 Å². The van der Waals surface area contributed by atoms with E-state index in [2.05, 4.69) is 26.5 Å². The van der Waals surface area contributed by atoms with Gasteiger partial charge in [-0.2, -0.15) is 5.10 Å². The molecule has 5 heteroatoms. The van der Waals surface area contributed by atoms with Crippen molar-refractivity contribution in [2.75, 3.05) is 0 Å². The van der Waals surface area contributed by atoms with E-state index in [0.717, 1.165) is 21.2 Å². The van der Waals surface area contributed by atoms with Gasteiger partial charge in [0.05, 0.1) is 6.21 Å². The number of nitrogens with zero attached hydrogens (tertiary/aromatic N) is 1. The second-order valence-electron chi connectivity index (χ2n) is 5.98. The number of hydrogen-bond acceptors (Lipinski definition) is 3. The first-order valence-electron chi connectivity index (χ1n) is 8.49. The molecule has 4 nitrogen and oxygen atoms in total. The summed E-state index contributed by atoms with van der Waals surface area (Å²) in [5.74, 6) is 0.437. The van der Waals surface area contributed by atoms with Crippen molar-refractivity contribution in [3.05, 3.63) is 99.5 Å². The molecule has 0 radical (unpaired) electrons. The van der Waals surface area contributed by atoms with E-state index >= 15 is 0 Å². The van der Waals surface area contributed by atoms with Gasteiger partial charge in [0.2, 0.25) is 0 Å². The summed E-state index contributed by atoms with van der Waals surface area (Å²) >= 11 is 3.43. The number of hydrogen-bond donors (Lipinski definition) is 1. The fraction of sp³-hybridized carbons (Fsp3) is 0.0909. The Morgan fingerprint density at radius 3 is 2.59 bits per heavy atom. The van der Waals surface area contributed by atoms with Gasteiger partial charge in [-0.1, -0.05) is 64.5 Å². The second-order valence-corrected chi connectivity index (χ2v) is 6.83. The molecule has 0 bridgehead atoms. The van der Waals surface area contributed by atoms with Gasteiger partial charge in [0.15, 0.2) is 0 Å². The van der Waals surface area contributed by atoms with Crippen molar-refractivity contribution >= 4 is 28.1 Å². The molecule has 0 aliphatic rings. The Morgan fingerprint density at radius 2 is 1.81 bits per heavy atom. The fourth-order valence-corrected chi connectivity index (χ4v) is 2.79. The van der Waals surface area contributed by atoms with Gasteiger partial charge in [-0.05, 0) is 42.3 Å². The zero-order chi connectivity index (χ0) is 19.1. The normalized spacial score (nSPS) is 10.7. The third kappa shape index (κ3) is 5.28. The van der Waals surface area contributed by atoms with Crippen LogP contribution in [-0.2, 0) is 6.61 Å². The van der Waals surface area contributed by atoms with E-state index in [1.165, 1.54) is 0 Å². The van der Waals surface area contributed by atoms with Crippen molar-refractivity contribution in [1.82, 2.24) is 5.43 Å². The molecule has 136 valence electrons. The molecular weight excluding hydrogens is 404 g/mol. The van der Waals surface area contributed by atoms with Gasteiger partial charge in [0.1, 0.15) is 12.4 Å². The Kier molecular flexibility index (Phi) is 6.39. The molecule has 0 aromatic heterocycles. The average Bonchev–Trinajstić information content (AvgIpc) is 2.70. The van der Waals surface area contributed by atoms with E-state index in [0.29, 0.717) is 17.9 Å². The Balaban J connectivity index is 1.64. The molecule has 3 aromatic carbocycles. The lowest BCUT2D eigenvalue weighted by molar-refractivity contribution is 0.0955. The molecule has 0 unspecified atom stereocenters. The van der Waals surface area contributed by atoms with Crippen LogP contribution in [0.3, 0.4) is 0 Å². The highest BCUT2D eigenvalue weighted by molar-refractivity contribution is 9.10. The number of halogens is 1. The predicted octanol–water partition coefficient (Wildman–Crippen LogP) is 5.10. The van der Waals surface area contributed by atoms with E-state index in [1.54, 1.807) is 18.3 Å².